The summed E-state index contributed by atoms with van der Waals surface area (Å²) in [5.74, 6) is 1.48. The van der Waals surface area contributed by atoms with Crippen LogP contribution in [-0.2, 0) is 16.8 Å². The van der Waals surface area contributed by atoms with Crippen LogP contribution in [0.3, 0.4) is 0 Å². The van der Waals surface area contributed by atoms with Gasteiger partial charge in [-0.2, -0.15) is 5.10 Å². The molecule has 1 aromatic heterocycles. The van der Waals surface area contributed by atoms with Crippen molar-refractivity contribution in [2.24, 2.45) is 17.3 Å². The van der Waals surface area contributed by atoms with Gasteiger partial charge in [0.25, 0.3) is 0 Å². The number of rotatable bonds is 4. The zero-order chi connectivity index (χ0) is 17.8. The van der Waals surface area contributed by atoms with Crippen LogP contribution < -0.4 is 5.32 Å². The van der Waals surface area contributed by atoms with E-state index in [0.717, 1.165) is 44.2 Å². The Hall–Kier alpha value is -2.17. The highest BCUT2D eigenvalue weighted by molar-refractivity contribution is 5.96. The summed E-state index contributed by atoms with van der Waals surface area (Å²) < 4.78 is 2.06. The third kappa shape index (κ3) is 2.32. The molecule has 0 unspecified atom stereocenters. The number of hydrogen-bond donors (Lipinski definition) is 1. The maximum atomic E-state index is 13.5. The van der Waals surface area contributed by atoms with Gasteiger partial charge in [-0.1, -0.05) is 25.1 Å². The Morgan fingerprint density at radius 2 is 2.00 bits per heavy atom. The minimum atomic E-state index is -0.253. The van der Waals surface area contributed by atoms with E-state index in [9.17, 15) is 4.79 Å². The minimum Gasteiger partial charge on any atom is -0.325 e. The molecular formula is C21H26N4O. The Labute approximate surface area is 154 Å². The van der Waals surface area contributed by atoms with Crippen molar-refractivity contribution in [1.82, 2.24) is 14.8 Å². The lowest BCUT2D eigenvalue weighted by Crippen LogP contribution is -2.60. The van der Waals surface area contributed by atoms with Crippen molar-refractivity contribution in [3.05, 3.63) is 42.5 Å². The highest BCUT2D eigenvalue weighted by Crippen LogP contribution is 2.64. The summed E-state index contributed by atoms with van der Waals surface area (Å²) in [5.41, 5.74) is 1.92. The Bertz CT molecular complexity index is 814. The van der Waals surface area contributed by atoms with Gasteiger partial charge < -0.3 is 5.32 Å². The van der Waals surface area contributed by atoms with Crippen molar-refractivity contribution < 1.29 is 4.79 Å². The first-order valence-corrected chi connectivity index (χ1v) is 9.87. The summed E-state index contributed by atoms with van der Waals surface area (Å²) in [6.07, 6.45) is 10.9. The van der Waals surface area contributed by atoms with Crippen molar-refractivity contribution in [3.63, 3.8) is 0 Å². The van der Waals surface area contributed by atoms with Gasteiger partial charge in [0, 0.05) is 5.69 Å². The number of nitrogens with zero attached hydrogens (tertiary/aromatic N) is 3. The predicted octanol–water partition coefficient (Wildman–Crippen LogP) is 3.77. The molecule has 5 nitrogen and oxygen atoms in total. The molecule has 0 aliphatic heterocycles. The SMILES string of the molecule is CCc1ccccc1NC(=O)C12C[C@H]3C[C@H](C1)CC(n1cncn1)(C3)C2. The number of hydrogen-bond acceptors (Lipinski definition) is 3. The monoisotopic (exact) mass is 350 g/mol. The maximum absolute atomic E-state index is 13.5. The molecule has 0 radical (unpaired) electrons. The second kappa shape index (κ2) is 5.66. The molecule has 136 valence electrons. The summed E-state index contributed by atoms with van der Waals surface area (Å²) in [4.78, 5) is 17.7. The zero-order valence-electron chi connectivity index (χ0n) is 15.3. The molecule has 4 saturated carbocycles. The van der Waals surface area contributed by atoms with E-state index in [2.05, 4.69) is 33.1 Å². The van der Waals surface area contributed by atoms with Gasteiger partial charge in [0.15, 0.2) is 0 Å². The van der Waals surface area contributed by atoms with Crippen molar-refractivity contribution in [2.75, 3.05) is 5.32 Å². The second-order valence-electron chi connectivity index (χ2n) is 8.77. The number of benzene rings is 1. The molecule has 6 rings (SSSR count). The van der Waals surface area contributed by atoms with Gasteiger partial charge in [-0.25, -0.2) is 9.67 Å². The first-order chi connectivity index (χ1) is 12.6. The molecule has 4 fully saturated rings. The fourth-order valence-electron chi connectivity index (χ4n) is 6.41. The normalized spacial score (nSPS) is 34.8. The largest absolute Gasteiger partial charge is 0.325 e. The van der Waals surface area contributed by atoms with E-state index < -0.39 is 0 Å². The van der Waals surface area contributed by atoms with Crippen LogP contribution in [0.4, 0.5) is 5.69 Å². The minimum absolute atomic E-state index is 0.0117. The van der Waals surface area contributed by atoms with Crippen LogP contribution in [0.2, 0.25) is 0 Å². The van der Waals surface area contributed by atoms with Crippen LogP contribution in [0.25, 0.3) is 0 Å². The molecule has 1 heterocycles. The molecule has 26 heavy (non-hydrogen) atoms. The van der Waals surface area contributed by atoms with Gasteiger partial charge in [0.2, 0.25) is 5.91 Å². The molecule has 1 aromatic carbocycles. The summed E-state index contributed by atoms with van der Waals surface area (Å²) in [6.45, 7) is 2.13. The van der Waals surface area contributed by atoms with Crippen molar-refractivity contribution >= 4 is 11.6 Å². The summed E-state index contributed by atoms with van der Waals surface area (Å²) in [6, 6.07) is 8.18. The summed E-state index contributed by atoms with van der Waals surface area (Å²) >= 11 is 0. The molecule has 4 bridgehead atoms. The standard InChI is InChI=1S/C21H26N4O/c1-2-17-5-3-4-6-18(17)24-19(26)20-8-15-7-16(9-20)11-21(10-15,12-20)25-14-22-13-23-25/h3-6,13-16H,2,7-12H2,1H3,(H,24,26)/t15-,16-,20?,21?/m1/s1. The van der Waals surface area contributed by atoms with E-state index in [1.54, 1.807) is 6.33 Å². The third-order valence-electron chi connectivity index (χ3n) is 7.06. The molecule has 1 amide bonds. The Kier molecular flexibility index (Phi) is 3.49. The van der Waals surface area contributed by atoms with E-state index in [4.69, 9.17) is 0 Å². The molecule has 1 N–H and O–H groups in total. The number of carbonyl (C=O) groups excluding carboxylic acids is 1. The first-order valence-electron chi connectivity index (χ1n) is 9.87. The lowest BCUT2D eigenvalue weighted by atomic mass is 9.46. The number of aromatic nitrogens is 3. The lowest BCUT2D eigenvalue weighted by Gasteiger charge is -2.60. The number of aryl methyl sites for hydroxylation is 1. The number of amides is 1. The van der Waals surface area contributed by atoms with Gasteiger partial charge in [0.05, 0.1) is 11.0 Å². The van der Waals surface area contributed by atoms with Crippen LogP contribution in [-0.4, -0.2) is 20.7 Å². The van der Waals surface area contributed by atoms with Crippen LogP contribution in [0.15, 0.2) is 36.9 Å². The zero-order valence-corrected chi connectivity index (χ0v) is 15.3. The average Bonchev–Trinajstić information content (AvgIpc) is 3.16. The van der Waals surface area contributed by atoms with Crippen LogP contribution in [0, 0.1) is 17.3 Å². The van der Waals surface area contributed by atoms with Crippen LogP contribution >= 0.6 is 0 Å². The lowest BCUT2D eigenvalue weighted by molar-refractivity contribution is -0.150. The highest BCUT2D eigenvalue weighted by Gasteiger charge is 2.61. The van der Waals surface area contributed by atoms with E-state index in [1.807, 2.05) is 24.5 Å². The van der Waals surface area contributed by atoms with Crippen LogP contribution in [0.5, 0.6) is 0 Å². The number of anilines is 1. The molecule has 4 aliphatic rings. The van der Waals surface area contributed by atoms with E-state index in [0.29, 0.717) is 11.8 Å². The van der Waals surface area contributed by atoms with Crippen molar-refractivity contribution in [1.29, 1.82) is 0 Å². The molecule has 0 saturated heterocycles. The van der Waals surface area contributed by atoms with Crippen molar-refractivity contribution in [2.45, 2.75) is 57.4 Å². The number of carbonyl (C=O) groups is 1. The molecular weight excluding hydrogens is 324 g/mol. The van der Waals surface area contributed by atoms with Gasteiger partial charge in [-0.15, -0.1) is 0 Å². The van der Waals surface area contributed by atoms with E-state index >= 15 is 0 Å². The second-order valence-corrected chi connectivity index (χ2v) is 8.77. The smallest absolute Gasteiger partial charge is 0.230 e. The first kappa shape index (κ1) is 16.0. The molecule has 0 spiro atoms. The van der Waals surface area contributed by atoms with Crippen molar-refractivity contribution in [3.8, 4) is 0 Å². The number of nitrogens with one attached hydrogen (secondary N) is 1. The fourth-order valence-corrected chi connectivity index (χ4v) is 6.41. The summed E-state index contributed by atoms with van der Waals surface area (Å²) in [7, 11) is 0. The summed E-state index contributed by atoms with van der Waals surface area (Å²) in [5, 5.41) is 7.78. The Morgan fingerprint density at radius 1 is 1.23 bits per heavy atom. The van der Waals surface area contributed by atoms with Gasteiger partial charge >= 0.3 is 0 Å². The van der Waals surface area contributed by atoms with Crippen LogP contribution in [0.1, 0.15) is 51.0 Å². The predicted molar refractivity (Wildman–Crippen MR) is 99.6 cm³/mol. The van der Waals surface area contributed by atoms with E-state index in [-0.39, 0.29) is 16.9 Å². The molecule has 4 aliphatic carbocycles. The molecule has 5 heteroatoms. The van der Waals surface area contributed by atoms with E-state index in [1.165, 1.54) is 12.0 Å². The fraction of sp³-hybridized carbons (Fsp3) is 0.571. The number of para-hydroxylation sites is 1. The Morgan fingerprint density at radius 3 is 2.69 bits per heavy atom. The van der Waals surface area contributed by atoms with Gasteiger partial charge in [-0.05, 0) is 68.4 Å². The average molecular weight is 350 g/mol. The topological polar surface area (TPSA) is 59.8 Å². The maximum Gasteiger partial charge on any atom is 0.230 e. The molecule has 2 atom stereocenters. The quantitative estimate of drug-likeness (QED) is 0.913. The highest BCUT2D eigenvalue weighted by atomic mass is 16.2. The van der Waals surface area contributed by atoms with Gasteiger partial charge in [0.1, 0.15) is 12.7 Å². The molecule has 2 aromatic rings. The van der Waals surface area contributed by atoms with Gasteiger partial charge in [-0.3, -0.25) is 4.79 Å². The Balaban J connectivity index is 1.47. The third-order valence-corrected chi connectivity index (χ3v) is 7.06.